The number of ether oxygens (including phenoxy) is 2. The molecular formula is C26H28N2O5S. The van der Waals surface area contributed by atoms with Gasteiger partial charge in [-0.25, -0.2) is 8.42 Å². The standard InChI is InChI=1S/C26H28N2O5S/c1-18-9-11-23(19(2)15-18)28(34(30,31)22-7-5-4-6-8-22)17-26(29)27-20(3)21-10-12-24-25(16-21)33-14-13-32-24/h4-12,15-16,20H,13-14,17H2,1-3H3,(H,27,29)/t20-/m0/s1. The molecule has 1 aliphatic heterocycles. The van der Waals surface area contributed by atoms with E-state index in [4.69, 9.17) is 9.47 Å². The fraction of sp³-hybridized carbons (Fsp3) is 0.269. The van der Waals surface area contributed by atoms with Crippen LogP contribution < -0.4 is 19.1 Å². The Balaban J connectivity index is 1.59. The predicted molar refractivity (Wildman–Crippen MR) is 131 cm³/mol. The van der Waals surface area contributed by atoms with E-state index in [1.807, 2.05) is 51.1 Å². The number of nitrogens with zero attached hydrogens (tertiary/aromatic N) is 1. The van der Waals surface area contributed by atoms with Crippen molar-refractivity contribution in [2.45, 2.75) is 31.7 Å². The summed E-state index contributed by atoms with van der Waals surface area (Å²) in [5.74, 6) is 0.888. The largest absolute Gasteiger partial charge is 0.486 e. The van der Waals surface area contributed by atoms with E-state index in [1.165, 1.54) is 16.4 Å². The predicted octanol–water partition coefficient (Wildman–Crippen LogP) is 4.15. The summed E-state index contributed by atoms with van der Waals surface area (Å²) in [7, 11) is -3.96. The van der Waals surface area contributed by atoms with Crippen molar-refractivity contribution in [2.24, 2.45) is 0 Å². The Morgan fingerprint density at radius 2 is 1.68 bits per heavy atom. The number of rotatable bonds is 7. The number of nitrogens with one attached hydrogen (secondary N) is 1. The first-order chi connectivity index (χ1) is 16.3. The number of sulfonamides is 1. The lowest BCUT2D eigenvalue weighted by Crippen LogP contribution is -2.42. The number of aryl methyl sites for hydroxylation is 2. The maximum Gasteiger partial charge on any atom is 0.264 e. The zero-order chi connectivity index (χ0) is 24.3. The number of hydrogen-bond donors (Lipinski definition) is 1. The molecule has 0 unspecified atom stereocenters. The highest BCUT2D eigenvalue weighted by molar-refractivity contribution is 7.92. The van der Waals surface area contributed by atoms with Crippen LogP contribution in [0.15, 0.2) is 71.6 Å². The lowest BCUT2D eigenvalue weighted by Gasteiger charge is -2.27. The molecule has 1 N–H and O–H groups in total. The van der Waals surface area contributed by atoms with Crippen molar-refractivity contribution in [3.8, 4) is 11.5 Å². The highest BCUT2D eigenvalue weighted by Gasteiger charge is 2.28. The summed E-state index contributed by atoms with van der Waals surface area (Å²) < 4.78 is 39.4. The van der Waals surface area contributed by atoms with Crippen LogP contribution in [0.3, 0.4) is 0 Å². The van der Waals surface area contributed by atoms with E-state index >= 15 is 0 Å². The minimum absolute atomic E-state index is 0.127. The zero-order valence-electron chi connectivity index (χ0n) is 19.4. The summed E-state index contributed by atoms with van der Waals surface area (Å²) in [6.07, 6.45) is 0. The third-order valence-electron chi connectivity index (χ3n) is 5.68. The Morgan fingerprint density at radius 3 is 2.38 bits per heavy atom. The quantitative estimate of drug-likeness (QED) is 0.549. The summed E-state index contributed by atoms with van der Waals surface area (Å²) in [4.78, 5) is 13.2. The van der Waals surface area contributed by atoms with Crippen LogP contribution in [-0.2, 0) is 14.8 Å². The van der Waals surface area contributed by atoms with Crippen LogP contribution in [0.4, 0.5) is 5.69 Å². The van der Waals surface area contributed by atoms with Crippen LogP contribution in [-0.4, -0.2) is 34.1 Å². The van der Waals surface area contributed by atoms with Crippen molar-refractivity contribution in [1.82, 2.24) is 5.32 Å². The highest BCUT2D eigenvalue weighted by atomic mass is 32.2. The Hall–Kier alpha value is -3.52. The van der Waals surface area contributed by atoms with Crippen molar-refractivity contribution in [3.05, 3.63) is 83.4 Å². The molecule has 4 rings (SSSR count). The molecule has 0 saturated carbocycles. The van der Waals surface area contributed by atoms with Crippen LogP contribution in [0.2, 0.25) is 0 Å². The van der Waals surface area contributed by atoms with E-state index in [1.54, 1.807) is 24.3 Å². The number of benzene rings is 3. The summed E-state index contributed by atoms with van der Waals surface area (Å²) in [6.45, 7) is 6.24. The topological polar surface area (TPSA) is 84.9 Å². The van der Waals surface area contributed by atoms with E-state index < -0.39 is 15.9 Å². The van der Waals surface area contributed by atoms with Crippen LogP contribution >= 0.6 is 0 Å². The SMILES string of the molecule is Cc1ccc(N(CC(=O)N[C@@H](C)c2ccc3c(c2)OCCO3)S(=O)(=O)c2ccccc2)c(C)c1. The molecule has 1 aliphatic rings. The first-order valence-corrected chi connectivity index (χ1v) is 12.5. The molecule has 0 aliphatic carbocycles. The third kappa shape index (κ3) is 5.02. The van der Waals surface area contributed by atoms with E-state index in [9.17, 15) is 13.2 Å². The Bertz CT molecular complexity index is 1290. The van der Waals surface area contributed by atoms with E-state index in [2.05, 4.69) is 5.32 Å². The molecule has 1 heterocycles. The molecule has 0 saturated heterocycles. The molecule has 7 nitrogen and oxygen atoms in total. The Labute approximate surface area is 200 Å². The van der Waals surface area contributed by atoms with Gasteiger partial charge in [-0.3, -0.25) is 9.10 Å². The molecule has 0 aromatic heterocycles. The second kappa shape index (κ2) is 9.77. The van der Waals surface area contributed by atoms with Crippen LogP contribution in [0.25, 0.3) is 0 Å². The van der Waals surface area contributed by atoms with Gasteiger partial charge < -0.3 is 14.8 Å². The van der Waals surface area contributed by atoms with Gasteiger partial charge in [0.05, 0.1) is 16.6 Å². The third-order valence-corrected chi connectivity index (χ3v) is 7.46. The molecule has 1 atom stereocenters. The van der Waals surface area contributed by atoms with E-state index in [0.717, 1.165) is 16.7 Å². The molecule has 34 heavy (non-hydrogen) atoms. The van der Waals surface area contributed by atoms with Crippen molar-refractivity contribution >= 4 is 21.6 Å². The summed E-state index contributed by atoms with van der Waals surface area (Å²) in [5.41, 5.74) is 3.08. The van der Waals surface area contributed by atoms with Crippen LogP contribution in [0, 0.1) is 13.8 Å². The lowest BCUT2D eigenvalue weighted by atomic mass is 10.1. The molecule has 1 amide bonds. The fourth-order valence-corrected chi connectivity index (χ4v) is 5.44. The molecule has 3 aromatic carbocycles. The van der Waals surface area contributed by atoms with Gasteiger partial charge in [-0.05, 0) is 62.2 Å². The normalized spacial score (nSPS) is 13.7. The number of hydrogen-bond acceptors (Lipinski definition) is 5. The maximum absolute atomic E-state index is 13.5. The van der Waals surface area contributed by atoms with Gasteiger partial charge in [-0.1, -0.05) is 42.0 Å². The summed E-state index contributed by atoms with van der Waals surface area (Å²) in [5, 5.41) is 2.92. The number of carbonyl (C=O) groups is 1. The van der Waals surface area contributed by atoms with Gasteiger partial charge in [-0.15, -0.1) is 0 Å². The van der Waals surface area contributed by atoms with Gasteiger partial charge in [0.15, 0.2) is 11.5 Å². The van der Waals surface area contributed by atoms with Gasteiger partial charge in [0, 0.05) is 0 Å². The highest BCUT2D eigenvalue weighted by Crippen LogP contribution is 2.33. The zero-order valence-corrected chi connectivity index (χ0v) is 20.3. The monoisotopic (exact) mass is 480 g/mol. The molecule has 0 radical (unpaired) electrons. The smallest absolute Gasteiger partial charge is 0.264 e. The number of carbonyl (C=O) groups excluding carboxylic acids is 1. The van der Waals surface area contributed by atoms with Crippen molar-refractivity contribution < 1.29 is 22.7 Å². The molecule has 0 spiro atoms. The maximum atomic E-state index is 13.5. The van der Waals surface area contributed by atoms with Gasteiger partial charge in [0.25, 0.3) is 10.0 Å². The molecule has 0 fully saturated rings. The minimum Gasteiger partial charge on any atom is -0.486 e. The lowest BCUT2D eigenvalue weighted by molar-refractivity contribution is -0.120. The van der Waals surface area contributed by atoms with Crippen molar-refractivity contribution in [2.75, 3.05) is 24.1 Å². The minimum atomic E-state index is -3.96. The number of fused-ring (bicyclic) bond motifs is 1. The van der Waals surface area contributed by atoms with Gasteiger partial charge >= 0.3 is 0 Å². The molecule has 8 heteroatoms. The number of amides is 1. The first kappa shape index (κ1) is 23.6. The van der Waals surface area contributed by atoms with Crippen molar-refractivity contribution in [3.63, 3.8) is 0 Å². The average Bonchev–Trinajstić information content (AvgIpc) is 2.83. The fourth-order valence-electron chi connectivity index (χ4n) is 3.93. The van der Waals surface area contributed by atoms with Crippen LogP contribution in [0.5, 0.6) is 11.5 Å². The number of anilines is 1. The van der Waals surface area contributed by atoms with Crippen molar-refractivity contribution in [1.29, 1.82) is 0 Å². The average molecular weight is 481 g/mol. The Morgan fingerprint density at radius 1 is 0.971 bits per heavy atom. The van der Waals surface area contributed by atoms with Gasteiger partial charge in [0.2, 0.25) is 5.91 Å². The molecule has 3 aromatic rings. The van der Waals surface area contributed by atoms with E-state index in [0.29, 0.717) is 30.4 Å². The summed E-state index contributed by atoms with van der Waals surface area (Å²) in [6, 6.07) is 18.8. The molecular weight excluding hydrogens is 452 g/mol. The Kier molecular flexibility index (Phi) is 6.79. The van der Waals surface area contributed by atoms with Gasteiger partial charge in [-0.2, -0.15) is 0 Å². The van der Waals surface area contributed by atoms with Gasteiger partial charge in [0.1, 0.15) is 19.8 Å². The molecule has 0 bridgehead atoms. The second-order valence-electron chi connectivity index (χ2n) is 8.31. The second-order valence-corrected chi connectivity index (χ2v) is 10.2. The first-order valence-electron chi connectivity index (χ1n) is 11.1. The van der Waals surface area contributed by atoms with Crippen LogP contribution in [0.1, 0.15) is 29.7 Å². The summed E-state index contributed by atoms with van der Waals surface area (Å²) >= 11 is 0. The van der Waals surface area contributed by atoms with E-state index in [-0.39, 0.29) is 17.5 Å². The molecule has 178 valence electrons.